The molecule has 0 bridgehead atoms. The molecule has 0 spiro atoms. The van der Waals surface area contributed by atoms with E-state index in [-0.39, 0.29) is 0 Å². The molecule has 0 saturated heterocycles. The lowest BCUT2D eigenvalue weighted by atomic mass is 9.31. The van der Waals surface area contributed by atoms with Gasteiger partial charge in [-0.25, -0.2) is 0 Å². The first-order valence-corrected chi connectivity index (χ1v) is 13.6. The molecule has 5 rings (SSSR count). The normalized spacial score (nSPS) is 58.1. The zero-order valence-corrected chi connectivity index (χ0v) is 21.4. The van der Waals surface area contributed by atoms with Gasteiger partial charge in [-0.3, -0.25) is 0 Å². The van der Waals surface area contributed by atoms with E-state index in [9.17, 15) is 0 Å². The third kappa shape index (κ3) is 2.36. The first-order chi connectivity index (χ1) is 13.9. The minimum Gasteiger partial charge on any atom is -0.0993 e. The minimum absolute atomic E-state index is 0.423. The van der Waals surface area contributed by atoms with Crippen LogP contribution in [0.15, 0.2) is 12.2 Å². The zero-order chi connectivity index (χ0) is 21.7. The molecule has 0 nitrogen and oxygen atoms in total. The number of hydrogen-bond acceptors (Lipinski definition) is 0. The van der Waals surface area contributed by atoms with Gasteiger partial charge in [0.05, 0.1) is 0 Å². The topological polar surface area (TPSA) is 0 Å². The summed E-state index contributed by atoms with van der Waals surface area (Å²) in [6.45, 7) is 23.3. The summed E-state index contributed by atoms with van der Waals surface area (Å²) in [6, 6.07) is 0. The van der Waals surface area contributed by atoms with Crippen molar-refractivity contribution in [1.29, 1.82) is 0 Å². The van der Waals surface area contributed by atoms with Gasteiger partial charge in [-0.05, 0) is 127 Å². The Bertz CT molecular complexity index is 732. The van der Waals surface area contributed by atoms with Gasteiger partial charge in [0.2, 0.25) is 0 Å². The molecular formula is C30H50. The van der Waals surface area contributed by atoms with Gasteiger partial charge >= 0.3 is 0 Å². The molecule has 5 aliphatic rings. The second-order valence-electron chi connectivity index (χ2n) is 14.4. The van der Waals surface area contributed by atoms with E-state index in [0.717, 1.165) is 29.6 Å². The Morgan fingerprint density at radius 2 is 1.30 bits per heavy atom. The van der Waals surface area contributed by atoms with Crippen molar-refractivity contribution in [2.75, 3.05) is 0 Å². The molecule has 0 N–H and O–H groups in total. The molecule has 0 aromatic rings. The van der Waals surface area contributed by atoms with Crippen LogP contribution >= 0.6 is 0 Å². The summed E-state index contributed by atoms with van der Waals surface area (Å²) in [5, 5.41) is 0. The fourth-order valence-electron chi connectivity index (χ4n) is 11.7. The van der Waals surface area contributed by atoms with Crippen LogP contribution in [0.3, 0.4) is 0 Å². The summed E-state index contributed by atoms with van der Waals surface area (Å²) in [7, 11) is 0. The van der Waals surface area contributed by atoms with Crippen molar-refractivity contribution >= 4 is 0 Å². The number of allylic oxidation sites excluding steroid dienone is 1. The summed E-state index contributed by atoms with van der Waals surface area (Å²) >= 11 is 0. The standard InChI is InChI=1S/C30H50/c1-20(2)22-12-13-24-27(22,5)16-18-30(8)25-14-15-26(4)21(3)10-9-11-23(26)28(25,6)17-19-29(24,30)7/h20,22-25H,3,9-19H2,1-2,4-8H3/t22-,23-,24-,25+,26-,27-,28+,29+,30-/m1/s1. The van der Waals surface area contributed by atoms with Crippen molar-refractivity contribution in [2.24, 2.45) is 56.7 Å². The van der Waals surface area contributed by atoms with E-state index < -0.39 is 0 Å². The van der Waals surface area contributed by atoms with Crippen molar-refractivity contribution in [1.82, 2.24) is 0 Å². The Balaban J connectivity index is 1.54. The average Bonchev–Trinajstić information content (AvgIpc) is 3.04. The molecule has 5 aliphatic carbocycles. The van der Waals surface area contributed by atoms with Crippen LogP contribution in [0.4, 0.5) is 0 Å². The zero-order valence-electron chi connectivity index (χ0n) is 21.4. The predicted molar refractivity (Wildman–Crippen MR) is 129 cm³/mol. The molecule has 0 heteroatoms. The third-order valence-electron chi connectivity index (χ3n) is 13.5. The molecule has 0 aromatic carbocycles. The van der Waals surface area contributed by atoms with Gasteiger partial charge in [-0.15, -0.1) is 0 Å². The van der Waals surface area contributed by atoms with E-state index >= 15 is 0 Å². The van der Waals surface area contributed by atoms with E-state index in [1.54, 1.807) is 5.57 Å². The SMILES string of the molecule is C=C1CCC[C@H]2[C@]3(C)CC[C@@]4(C)[C@@H]5CC[C@H](C(C)C)[C@@]5(C)CC[C@]4(C)[C@H]3CC[C@]12C. The molecule has 0 unspecified atom stereocenters. The highest BCUT2D eigenvalue weighted by Crippen LogP contribution is 2.79. The maximum Gasteiger partial charge on any atom is -0.00854 e. The minimum atomic E-state index is 0.423. The van der Waals surface area contributed by atoms with Gasteiger partial charge in [0.15, 0.2) is 0 Å². The molecule has 0 aromatic heterocycles. The average molecular weight is 411 g/mol. The maximum atomic E-state index is 4.63. The van der Waals surface area contributed by atoms with Crippen molar-refractivity contribution in [3.05, 3.63) is 12.2 Å². The Morgan fingerprint density at radius 3 is 1.93 bits per heavy atom. The summed E-state index contributed by atoms with van der Waals surface area (Å²) in [6.07, 6.45) is 16.0. The van der Waals surface area contributed by atoms with Crippen LogP contribution in [-0.4, -0.2) is 0 Å². The highest BCUT2D eigenvalue weighted by molar-refractivity contribution is 5.24. The first kappa shape index (κ1) is 21.6. The highest BCUT2D eigenvalue weighted by atomic mass is 14.8. The van der Waals surface area contributed by atoms with Gasteiger partial charge in [0.25, 0.3) is 0 Å². The second-order valence-corrected chi connectivity index (χ2v) is 14.4. The van der Waals surface area contributed by atoms with E-state index in [1.807, 2.05) is 0 Å². The number of rotatable bonds is 1. The molecule has 0 aliphatic heterocycles. The molecule has 5 fully saturated rings. The van der Waals surface area contributed by atoms with Crippen LogP contribution in [-0.2, 0) is 0 Å². The molecular weight excluding hydrogens is 360 g/mol. The van der Waals surface area contributed by atoms with Crippen LogP contribution in [0.5, 0.6) is 0 Å². The van der Waals surface area contributed by atoms with Crippen LogP contribution < -0.4 is 0 Å². The van der Waals surface area contributed by atoms with E-state index in [1.165, 1.54) is 70.6 Å². The summed E-state index contributed by atoms with van der Waals surface area (Å²) in [5.74, 6) is 4.57. The molecule has 9 atom stereocenters. The van der Waals surface area contributed by atoms with Crippen LogP contribution in [0, 0.1) is 56.7 Å². The lowest BCUT2D eigenvalue weighted by Gasteiger charge is -2.73. The molecule has 0 radical (unpaired) electrons. The summed E-state index contributed by atoms with van der Waals surface area (Å²) in [5.41, 5.74) is 4.24. The quantitative estimate of drug-likeness (QED) is 0.378. The largest absolute Gasteiger partial charge is 0.0993 e. The van der Waals surface area contributed by atoms with Crippen molar-refractivity contribution < 1.29 is 0 Å². The van der Waals surface area contributed by atoms with E-state index in [0.29, 0.717) is 27.1 Å². The summed E-state index contributed by atoms with van der Waals surface area (Å²) in [4.78, 5) is 0. The van der Waals surface area contributed by atoms with Crippen molar-refractivity contribution in [3.63, 3.8) is 0 Å². The molecule has 5 saturated carbocycles. The Morgan fingerprint density at radius 1 is 0.700 bits per heavy atom. The van der Waals surface area contributed by atoms with E-state index in [4.69, 9.17) is 0 Å². The molecule has 0 heterocycles. The maximum absolute atomic E-state index is 4.63. The molecule has 30 heavy (non-hydrogen) atoms. The van der Waals surface area contributed by atoms with Gasteiger partial charge in [-0.2, -0.15) is 0 Å². The Hall–Kier alpha value is -0.260. The third-order valence-corrected chi connectivity index (χ3v) is 13.5. The van der Waals surface area contributed by atoms with Crippen LogP contribution in [0.25, 0.3) is 0 Å². The smallest absolute Gasteiger partial charge is 0.00854 e. The van der Waals surface area contributed by atoms with Gasteiger partial charge < -0.3 is 0 Å². The number of hydrogen-bond donors (Lipinski definition) is 0. The van der Waals surface area contributed by atoms with Gasteiger partial charge in [0, 0.05) is 0 Å². The summed E-state index contributed by atoms with van der Waals surface area (Å²) < 4.78 is 0. The van der Waals surface area contributed by atoms with Crippen LogP contribution in [0.2, 0.25) is 0 Å². The predicted octanol–water partition coefficient (Wildman–Crippen LogP) is 9.05. The van der Waals surface area contributed by atoms with E-state index in [2.05, 4.69) is 55.0 Å². The Kier molecular flexibility index (Phi) is 4.61. The fourth-order valence-corrected chi connectivity index (χ4v) is 11.7. The first-order valence-electron chi connectivity index (χ1n) is 13.6. The molecule has 170 valence electrons. The second kappa shape index (κ2) is 6.41. The lowest BCUT2D eigenvalue weighted by molar-refractivity contribution is -0.236. The fraction of sp³-hybridized carbons (Fsp3) is 0.933. The van der Waals surface area contributed by atoms with Crippen LogP contribution in [0.1, 0.15) is 119 Å². The molecule has 0 amide bonds. The van der Waals surface area contributed by atoms with Gasteiger partial charge in [-0.1, -0.05) is 60.6 Å². The van der Waals surface area contributed by atoms with Crippen molar-refractivity contribution in [3.8, 4) is 0 Å². The lowest BCUT2D eigenvalue weighted by Crippen LogP contribution is -2.66. The number of fused-ring (bicyclic) bond motifs is 7. The monoisotopic (exact) mass is 410 g/mol. The Labute approximate surface area is 188 Å². The highest BCUT2D eigenvalue weighted by Gasteiger charge is 2.71. The van der Waals surface area contributed by atoms with Crippen molar-refractivity contribution in [2.45, 2.75) is 119 Å². The van der Waals surface area contributed by atoms with Gasteiger partial charge in [0.1, 0.15) is 0 Å².